The number of piperazine rings is 1. The Balaban J connectivity index is 2.13. The number of hydrogen-bond acceptors (Lipinski definition) is 2. The van der Waals surface area contributed by atoms with Crippen LogP contribution in [0.1, 0.15) is 58.8 Å². The van der Waals surface area contributed by atoms with E-state index in [1.807, 2.05) is 13.8 Å². The zero-order valence-corrected chi connectivity index (χ0v) is 15.0. The molecule has 0 N–H and O–H groups in total. The van der Waals surface area contributed by atoms with Gasteiger partial charge in [-0.3, -0.25) is 9.59 Å². The Morgan fingerprint density at radius 3 is 2.05 bits per heavy atom. The van der Waals surface area contributed by atoms with Gasteiger partial charge in [-0.15, -0.1) is 0 Å². The summed E-state index contributed by atoms with van der Waals surface area (Å²) in [6.07, 6.45) is 8.54. The molecule has 1 aliphatic heterocycles. The molecule has 0 atom stereocenters. The van der Waals surface area contributed by atoms with E-state index in [4.69, 9.17) is 0 Å². The summed E-state index contributed by atoms with van der Waals surface area (Å²) >= 11 is 3.44. The monoisotopic (exact) mass is 360 g/mol. The molecule has 0 aliphatic carbocycles. The second kappa shape index (κ2) is 10.2. The van der Waals surface area contributed by atoms with Crippen LogP contribution in [0.3, 0.4) is 0 Å². The Hall–Kier alpha value is -0.580. The number of carbonyl (C=O) groups excluding carboxylic acids is 2. The molecule has 1 saturated heterocycles. The van der Waals surface area contributed by atoms with Crippen molar-refractivity contribution in [3.63, 3.8) is 0 Å². The van der Waals surface area contributed by atoms with E-state index >= 15 is 0 Å². The molecule has 4 nitrogen and oxygen atoms in total. The number of alkyl halides is 1. The van der Waals surface area contributed by atoms with Gasteiger partial charge in [0.05, 0.1) is 0 Å². The highest BCUT2D eigenvalue weighted by molar-refractivity contribution is 9.09. The Morgan fingerprint density at radius 1 is 0.905 bits per heavy atom. The number of unbranched alkanes of at least 4 members (excludes halogenated alkanes) is 6. The normalized spacial score (nSPS) is 16.2. The molecule has 1 rings (SSSR count). The molecule has 0 saturated carbocycles. The van der Waals surface area contributed by atoms with Gasteiger partial charge in [-0.2, -0.15) is 0 Å². The first-order valence-electron chi connectivity index (χ1n) is 8.23. The lowest BCUT2D eigenvalue weighted by Gasteiger charge is -2.36. The van der Waals surface area contributed by atoms with Crippen molar-refractivity contribution in [1.82, 2.24) is 9.80 Å². The molecule has 1 heterocycles. The number of amides is 2. The molecule has 0 aromatic rings. The van der Waals surface area contributed by atoms with Crippen molar-refractivity contribution in [2.24, 2.45) is 0 Å². The molecular weight excluding hydrogens is 332 g/mol. The summed E-state index contributed by atoms with van der Waals surface area (Å²) in [6, 6.07) is 0.114. The molecule has 0 unspecified atom stereocenters. The largest absolute Gasteiger partial charge is 0.333 e. The quantitative estimate of drug-likeness (QED) is 0.341. The lowest BCUT2D eigenvalue weighted by molar-refractivity contribution is -0.157. The number of halogens is 1. The van der Waals surface area contributed by atoms with Crippen molar-refractivity contribution >= 4 is 27.7 Å². The molecule has 2 amide bonds. The van der Waals surface area contributed by atoms with Gasteiger partial charge in [-0.05, 0) is 26.7 Å². The highest BCUT2D eigenvalue weighted by Crippen LogP contribution is 2.12. The minimum Gasteiger partial charge on any atom is -0.333 e. The second-order valence-electron chi connectivity index (χ2n) is 6.05. The lowest BCUT2D eigenvalue weighted by Crippen LogP contribution is -2.56. The van der Waals surface area contributed by atoms with Crippen LogP contribution in [-0.4, -0.2) is 52.6 Å². The summed E-state index contributed by atoms with van der Waals surface area (Å²) in [4.78, 5) is 27.3. The fourth-order valence-electron chi connectivity index (χ4n) is 2.68. The van der Waals surface area contributed by atoms with Gasteiger partial charge in [-0.25, -0.2) is 0 Å². The first kappa shape index (κ1) is 18.5. The highest BCUT2D eigenvalue weighted by Gasteiger charge is 2.33. The van der Waals surface area contributed by atoms with Crippen LogP contribution >= 0.6 is 15.9 Å². The molecule has 1 fully saturated rings. The van der Waals surface area contributed by atoms with Crippen molar-refractivity contribution < 1.29 is 9.59 Å². The van der Waals surface area contributed by atoms with Crippen LogP contribution < -0.4 is 0 Å². The van der Waals surface area contributed by atoms with E-state index in [9.17, 15) is 9.59 Å². The van der Waals surface area contributed by atoms with E-state index in [0.717, 1.165) is 24.7 Å². The zero-order valence-electron chi connectivity index (χ0n) is 13.4. The number of hydrogen-bond donors (Lipinski definition) is 0. The van der Waals surface area contributed by atoms with Crippen LogP contribution in [0, 0.1) is 0 Å². The average molecular weight is 361 g/mol. The predicted molar refractivity (Wildman–Crippen MR) is 89.5 cm³/mol. The number of rotatable bonds is 10. The molecule has 5 heteroatoms. The minimum absolute atomic E-state index is 0.114. The number of carbonyl (C=O) groups is 2. The van der Waals surface area contributed by atoms with Gasteiger partial charge in [0.25, 0.3) is 0 Å². The summed E-state index contributed by atoms with van der Waals surface area (Å²) in [7, 11) is 0. The maximum absolute atomic E-state index is 12.0. The van der Waals surface area contributed by atoms with E-state index in [0.29, 0.717) is 13.1 Å². The smallest absolute Gasteiger partial charge is 0.312 e. The van der Waals surface area contributed by atoms with Gasteiger partial charge in [0.15, 0.2) is 0 Å². The van der Waals surface area contributed by atoms with Gasteiger partial charge in [0, 0.05) is 31.0 Å². The SMILES string of the molecule is CC(C)N1CCN(CCCCCCCCCBr)C(=O)C1=O. The predicted octanol–water partition coefficient (Wildman–Crippen LogP) is 3.19. The van der Waals surface area contributed by atoms with E-state index in [1.165, 1.54) is 32.1 Å². The van der Waals surface area contributed by atoms with Crippen LogP contribution in [0.4, 0.5) is 0 Å². The van der Waals surface area contributed by atoms with Gasteiger partial charge in [0.2, 0.25) is 0 Å². The summed E-state index contributed by atoms with van der Waals surface area (Å²) in [6.45, 7) is 6.01. The Morgan fingerprint density at radius 2 is 1.48 bits per heavy atom. The molecule has 0 aromatic carbocycles. The molecular formula is C16H29BrN2O2. The average Bonchev–Trinajstić information content (AvgIpc) is 2.45. The minimum atomic E-state index is -0.328. The molecule has 0 radical (unpaired) electrons. The van der Waals surface area contributed by atoms with Crippen LogP contribution in [0.15, 0.2) is 0 Å². The van der Waals surface area contributed by atoms with E-state index in [2.05, 4.69) is 15.9 Å². The van der Waals surface area contributed by atoms with Crippen LogP contribution in [0.5, 0.6) is 0 Å². The third kappa shape index (κ3) is 6.37. The third-order valence-corrected chi connectivity index (χ3v) is 4.59. The van der Waals surface area contributed by atoms with Gasteiger partial charge in [-0.1, -0.05) is 48.0 Å². The molecule has 0 aromatic heterocycles. The Bertz CT molecular complexity index is 334. The third-order valence-electron chi connectivity index (χ3n) is 4.03. The van der Waals surface area contributed by atoms with E-state index in [-0.39, 0.29) is 17.9 Å². The number of nitrogens with zero attached hydrogens (tertiary/aromatic N) is 2. The van der Waals surface area contributed by atoms with Gasteiger partial charge >= 0.3 is 11.8 Å². The summed E-state index contributed by atoms with van der Waals surface area (Å²) in [5.74, 6) is -0.640. The topological polar surface area (TPSA) is 40.6 Å². The van der Waals surface area contributed by atoms with Crippen LogP contribution in [0.25, 0.3) is 0 Å². The summed E-state index contributed by atoms with van der Waals surface area (Å²) in [5.41, 5.74) is 0. The van der Waals surface area contributed by atoms with Crippen molar-refractivity contribution in [2.45, 2.75) is 64.8 Å². The molecule has 1 aliphatic rings. The lowest BCUT2D eigenvalue weighted by atomic mass is 10.1. The maximum Gasteiger partial charge on any atom is 0.312 e. The highest BCUT2D eigenvalue weighted by atomic mass is 79.9. The van der Waals surface area contributed by atoms with Crippen LogP contribution in [0.2, 0.25) is 0 Å². The molecule has 0 spiro atoms. The second-order valence-corrected chi connectivity index (χ2v) is 6.84. The van der Waals surface area contributed by atoms with Crippen molar-refractivity contribution in [3.05, 3.63) is 0 Å². The van der Waals surface area contributed by atoms with Crippen molar-refractivity contribution in [1.29, 1.82) is 0 Å². The van der Waals surface area contributed by atoms with E-state index in [1.54, 1.807) is 9.80 Å². The fraction of sp³-hybridized carbons (Fsp3) is 0.875. The standard InChI is InChI=1S/C16H29BrN2O2/c1-14(2)19-13-12-18(15(20)16(19)21)11-9-7-5-3-4-6-8-10-17/h14H,3-13H2,1-2H3. The summed E-state index contributed by atoms with van der Waals surface area (Å²) < 4.78 is 0. The van der Waals surface area contributed by atoms with Gasteiger partial charge in [0.1, 0.15) is 0 Å². The Kier molecular flexibility index (Phi) is 8.97. The van der Waals surface area contributed by atoms with Crippen molar-refractivity contribution in [3.8, 4) is 0 Å². The van der Waals surface area contributed by atoms with E-state index < -0.39 is 0 Å². The van der Waals surface area contributed by atoms with Gasteiger partial charge < -0.3 is 9.80 Å². The zero-order chi connectivity index (χ0) is 15.7. The van der Waals surface area contributed by atoms with Crippen molar-refractivity contribution in [2.75, 3.05) is 25.0 Å². The van der Waals surface area contributed by atoms with Crippen LogP contribution in [-0.2, 0) is 9.59 Å². The molecule has 122 valence electrons. The first-order valence-corrected chi connectivity index (χ1v) is 9.36. The first-order chi connectivity index (χ1) is 10.1. The summed E-state index contributed by atoms with van der Waals surface area (Å²) in [5, 5.41) is 1.10. The maximum atomic E-state index is 12.0. The fourth-order valence-corrected chi connectivity index (χ4v) is 3.07. The molecule has 21 heavy (non-hydrogen) atoms. The molecule has 0 bridgehead atoms. The Labute approximate surface area is 137 Å².